The van der Waals surface area contributed by atoms with Crippen LogP contribution in [-0.4, -0.2) is 9.55 Å². The van der Waals surface area contributed by atoms with Gasteiger partial charge in [-0.2, -0.15) is 5.26 Å². The third kappa shape index (κ3) is 2.18. The van der Waals surface area contributed by atoms with E-state index in [1.54, 1.807) is 18.3 Å². The first-order chi connectivity index (χ1) is 9.26. The van der Waals surface area contributed by atoms with Gasteiger partial charge in [-0.3, -0.25) is 0 Å². The molecule has 3 aromatic rings. The number of pyridine rings is 1. The minimum atomic E-state index is -0.250. The van der Waals surface area contributed by atoms with Crippen LogP contribution in [-0.2, 0) is 6.54 Å². The van der Waals surface area contributed by atoms with Crippen LogP contribution in [0.5, 0.6) is 0 Å². The van der Waals surface area contributed by atoms with Crippen molar-refractivity contribution in [2.24, 2.45) is 0 Å². The van der Waals surface area contributed by atoms with E-state index in [-0.39, 0.29) is 5.82 Å². The summed E-state index contributed by atoms with van der Waals surface area (Å²) >= 11 is 0. The molecule has 0 saturated carbocycles. The van der Waals surface area contributed by atoms with Crippen LogP contribution < -0.4 is 0 Å². The van der Waals surface area contributed by atoms with Gasteiger partial charge in [0.25, 0.3) is 0 Å². The summed E-state index contributed by atoms with van der Waals surface area (Å²) in [5, 5.41) is 9.82. The Hall–Kier alpha value is -2.67. The number of hydrogen-bond donors (Lipinski definition) is 0. The molecule has 0 fully saturated rings. The molecule has 3 rings (SSSR count). The first-order valence-corrected chi connectivity index (χ1v) is 5.86. The number of rotatable bonds is 2. The number of aromatic nitrogens is 2. The Bertz CT molecular complexity index is 783. The Labute approximate surface area is 109 Å². The van der Waals surface area contributed by atoms with Crippen LogP contribution in [0.2, 0.25) is 0 Å². The van der Waals surface area contributed by atoms with Crippen molar-refractivity contribution >= 4 is 10.9 Å². The molecule has 0 amide bonds. The highest BCUT2D eigenvalue weighted by Gasteiger charge is 2.04. The second kappa shape index (κ2) is 4.54. The van der Waals surface area contributed by atoms with Gasteiger partial charge < -0.3 is 4.57 Å². The number of hydrogen-bond acceptors (Lipinski definition) is 2. The number of fused-ring (bicyclic) bond motifs is 1. The van der Waals surface area contributed by atoms with E-state index in [4.69, 9.17) is 5.26 Å². The van der Waals surface area contributed by atoms with E-state index in [1.807, 2.05) is 29.0 Å². The Morgan fingerprint density at radius 3 is 2.95 bits per heavy atom. The summed E-state index contributed by atoms with van der Waals surface area (Å²) in [5.41, 5.74) is 2.20. The molecule has 4 heteroatoms. The molecule has 2 aromatic heterocycles. The van der Waals surface area contributed by atoms with Crippen molar-refractivity contribution < 1.29 is 4.39 Å². The first kappa shape index (κ1) is 11.4. The van der Waals surface area contributed by atoms with Gasteiger partial charge in [0.2, 0.25) is 0 Å². The molecule has 0 atom stereocenters. The summed E-state index contributed by atoms with van der Waals surface area (Å²) in [6.07, 6.45) is 3.52. The van der Waals surface area contributed by atoms with Crippen LogP contribution in [0.4, 0.5) is 4.39 Å². The molecule has 0 N–H and O–H groups in total. The van der Waals surface area contributed by atoms with Crippen molar-refractivity contribution in [3.05, 3.63) is 65.9 Å². The fourth-order valence-corrected chi connectivity index (χ4v) is 2.13. The minimum Gasteiger partial charge on any atom is -0.343 e. The molecule has 92 valence electrons. The van der Waals surface area contributed by atoms with Crippen LogP contribution in [0.25, 0.3) is 10.9 Å². The van der Waals surface area contributed by atoms with Crippen molar-refractivity contribution in [1.82, 2.24) is 9.55 Å². The normalized spacial score (nSPS) is 10.5. The summed E-state index contributed by atoms with van der Waals surface area (Å²) in [6, 6.07) is 12.3. The molecule has 3 nitrogen and oxygen atoms in total. The maximum absolute atomic E-state index is 13.3. The number of benzene rings is 1. The smallest absolute Gasteiger partial charge is 0.140 e. The zero-order chi connectivity index (χ0) is 13.2. The van der Waals surface area contributed by atoms with Gasteiger partial charge in [0.1, 0.15) is 17.6 Å². The Balaban J connectivity index is 2.01. The number of halogens is 1. The molecule has 2 heterocycles. The van der Waals surface area contributed by atoms with Gasteiger partial charge in [-0.25, -0.2) is 9.37 Å². The highest BCUT2D eigenvalue weighted by Crippen LogP contribution is 2.18. The predicted molar refractivity (Wildman–Crippen MR) is 70.0 cm³/mol. The maximum atomic E-state index is 13.3. The summed E-state index contributed by atoms with van der Waals surface area (Å²) in [6.45, 7) is 0.587. The highest BCUT2D eigenvalue weighted by atomic mass is 19.1. The lowest BCUT2D eigenvalue weighted by molar-refractivity contribution is 0.628. The zero-order valence-corrected chi connectivity index (χ0v) is 10.0. The van der Waals surface area contributed by atoms with E-state index in [0.29, 0.717) is 12.2 Å². The molecule has 0 spiro atoms. The second-order valence-corrected chi connectivity index (χ2v) is 4.31. The maximum Gasteiger partial charge on any atom is 0.140 e. The van der Waals surface area contributed by atoms with Gasteiger partial charge in [0, 0.05) is 18.9 Å². The van der Waals surface area contributed by atoms with E-state index >= 15 is 0 Å². The quantitative estimate of drug-likeness (QED) is 0.702. The molecular formula is C15H10FN3. The summed E-state index contributed by atoms with van der Waals surface area (Å²) in [4.78, 5) is 3.93. The second-order valence-electron chi connectivity index (χ2n) is 4.31. The molecule has 0 unspecified atom stereocenters. The van der Waals surface area contributed by atoms with Crippen LogP contribution >= 0.6 is 0 Å². The lowest BCUT2D eigenvalue weighted by atomic mass is 10.2. The zero-order valence-electron chi connectivity index (χ0n) is 10.0. The van der Waals surface area contributed by atoms with Gasteiger partial charge in [-0.15, -0.1) is 0 Å². The molecule has 1 aromatic carbocycles. The van der Waals surface area contributed by atoms with Crippen molar-refractivity contribution in [2.75, 3.05) is 0 Å². The highest BCUT2D eigenvalue weighted by molar-refractivity contribution is 5.80. The van der Waals surface area contributed by atoms with Crippen molar-refractivity contribution in [1.29, 1.82) is 5.26 Å². The topological polar surface area (TPSA) is 41.6 Å². The predicted octanol–water partition coefficient (Wildman–Crippen LogP) is 3.10. The van der Waals surface area contributed by atoms with Crippen molar-refractivity contribution in [2.45, 2.75) is 6.54 Å². The van der Waals surface area contributed by atoms with Crippen molar-refractivity contribution in [3.8, 4) is 6.07 Å². The largest absolute Gasteiger partial charge is 0.343 e. The van der Waals surface area contributed by atoms with Gasteiger partial charge in [-0.1, -0.05) is 0 Å². The SMILES string of the molecule is N#Cc1cc(Cn2ccc3ccc(F)cc32)ccn1. The molecule has 0 saturated heterocycles. The van der Waals surface area contributed by atoms with Gasteiger partial charge in [-0.05, 0) is 47.3 Å². The molecular weight excluding hydrogens is 241 g/mol. The summed E-state index contributed by atoms with van der Waals surface area (Å²) < 4.78 is 15.2. The lowest BCUT2D eigenvalue weighted by Crippen LogP contribution is -1.99. The first-order valence-electron chi connectivity index (χ1n) is 5.86. The third-order valence-corrected chi connectivity index (χ3v) is 3.03. The molecule has 19 heavy (non-hydrogen) atoms. The Kier molecular flexibility index (Phi) is 2.73. The molecule has 0 bridgehead atoms. The Morgan fingerprint density at radius 2 is 2.11 bits per heavy atom. The van der Waals surface area contributed by atoms with Crippen LogP contribution in [0, 0.1) is 17.1 Å². The van der Waals surface area contributed by atoms with E-state index in [2.05, 4.69) is 4.98 Å². The number of nitriles is 1. The van der Waals surface area contributed by atoms with Crippen LogP contribution in [0.15, 0.2) is 48.8 Å². The van der Waals surface area contributed by atoms with E-state index in [0.717, 1.165) is 16.5 Å². The standard InChI is InChI=1S/C15H10FN3/c16-13-2-1-12-4-6-19(15(12)8-13)10-11-3-5-18-14(7-11)9-17/h1-8H,10H2. The molecule has 0 aliphatic heterocycles. The van der Waals surface area contributed by atoms with E-state index < -0.39 is 0 Å². The van der Waals surface area contributed by atoms with Gasteiger partial charge in [0.05, 0.1) is 5.52 Å². The number of nitrogens with zero attached hydrogens (tertiary/aromatic N) is 3. The average molecular weight is 251 g/mol. The lowest BCUT2D eigenvalue weighted by Gasteiger charge is -2.05. The molecule has 0 aliphatic carbocycles. The van der Waals surface area contributed by atoms with Gasteiger partial charge >= 0.3 is 0 Å². The van der Waals surface area contributed by atoms with Gasteiger partial charge in [0.15, 0.2) is 0 Å². The molecule has 0 radical (unpaired) electrons. The van der Waals surface area contributed by atoms with Crippen molar-refractivity contribution in [3.63, 3.8) is 0 Å². The van der Waals surface area contributed by atoms with Crippen LogP contribution in [0.3, 0.4) is 0 Å². The van der Waals surface area contributed by atoms with Crippen LogP contribution in [0.1, 0.15) is 11.3 Å². The third-order valence-electron chi connectivity index (χ3n) is 3.03. The minimum absolute atomic E-state index is 0.250. The fraction of sp³-hybridized carbons (Fsp3) is 0.0667. The summed E-state index contributed by atoms with van der Waals surface area (Å²) in [5.74, 6) is -0.250. The fourth-order valence-electron chi connectivity index (χ4n) is 2.13. The Morgan fingerprint density at radius 1 is 1.21 bits per heavy atom. The summed E-state index contributed by atoms with van der Waals surface area (Å²) in [7, 11) is 0. The van der Waals surface area contributed by atoms with E-state index in [9.17, 15) is 4.39 Å². The van der Waals surface area contributed by atoms with E-state index in [1.165, 1.54) is 12.1 Å². The monoisotopic (exact) mass is 251 g/mol. The average Bonchev–Trinajstić information content (AvgIpc) is 2.81. The molecule has 0 aliphatic rings.